The normalized spacial score (nSPS) is 10.6. The van der Waals surface area contributed by atoms with Gasteiger partial charge in [-0.25, -0.2) is 0 Å². The van der Waals surface area contributed by atoms with Crippen molar-refractivity contribution in [3.05, 3.63) is 0 Å². The second kappa shape index (κ2) is 22.8. The number of nitrogens with zero attached hydrogens (tertiary/aromatic N) is 10. The molecule has 0 atom stereocenters. The third-order valence-corrected chi connectivity index (χ3v) is 8.30. The lowest BCUT2D eigenvalue weighted by Crippen LogP contribution is -2.49. The monoisotopic (exact) mass is 768 g/mol. The molecule has 0 unspecified atom stereocenters. The Labute approximate surface area is 318 Å². The summed E-state index contributed by atoms with van der Waals surface area (Å²) in [7, 11) is 16.0. The molecule has 0 saturated carbocycles. The molecule has 0 aromatic carbocycles. The summed E-state index contributed by atoms with van der Waals surface area (Å²) in [5, 5.41) is 0. The molecule has 20 nitrogen and oxygen atoms in total. The van der Waals surface area contributed by atoms with Crippen LogP contribution in [0, 0.1) is 5.92 Å². The first-order valence-electron chi connectivity index (χ1n) is 17.1. The number of likely N-dealkylation sites (N-methyl/N-ethyl adjacent to an activating group) is 10. The zero-order chi connectivity index (χ0) is 42.2. The molecule has 0 radical (unpaired) electrons. The molecule has 20 heteroatoms. The summed E-state index contributed by atoms with van der Waals surface area (Å²) < 4.78 is 0. The summed E-state index contributed by atoms with van der Waals surface area (Å²) in [6, 6.07) is 0. The molecule has 0 aromatic rings. The average Bonchev–Trinajstić information content (AvgIpc) is 3.06. The van der Waals surface area contributed by atoms with Crippen molar-refractivity contribution in [1.29, 1.82) is 0 Å². The first-order valence-corrected chi connectivity index (χ1v) is 17.1. The van der Waals surface area contributed by atoms with Gasteiger partial charge in [0.1, 0.15) is 0 Å². The molecule has 54 heavy (non-hydrogen) atoms. The predicted octanol–water partition coefficient (Wildman–Crippen LogP) is -4.10. The molecule has 0 aliphatic rings. The van der Waals surface area contributed by atoms with Crippen molar-refractivity contribution in [3.63, 3.8) is 0 Å². The number of carbonyl (C=O) groups excluding carboxylic acids is 10. The Kier molecular flexibility index (Phi) is 20.6. The summed E-state index contributed by atoms with van der Waals surface area (Å²) in [5.74, 6) is -4.96. The van der Waals surface area contributed by atoms with E-state index in [4.69, 9.17) is 0 Å². The maximum atomic E-state index is 12.8. The number of rotatable bonds is 21. The molecule has 0 fully saturated rings. The van der Waals surface area contributed by atoms with Gasteiger partial charge in [0.05, 0.1) is 65.4 Å². The van der Waals surface area contributed by atoms with Crippen LogP contribution < -0.4 is 0 Å². The fourth-order valence-corrected chi connectivity index (χ4v) is 4.19. The van der Waals surface area contributed by atoms with Crippen molar-refractivity contribution < 1.29 is 47.9 Å². The number of ketones is 1. The highest BCUT2D eigenvalue weighted by atomic mass is 16.2. The maximum absolute atomic E-state index is 12.8. The first-order chi connectivity index (χ1) is 24.8. The van der Waals surface area contributed by atoms with Crippen LogP contribution in [0.4, 0.5) is 0 Å². The van der Waals surface area contributed by atoms with E-state index in [0.29, 0.717) is 0 Å². The smallest absolute Gasteiger partial charge is 0.242 e. The maximum Gasteiger partial charge on any atom is 0.242 e. The molecule has 306 valence electrons. The fraction of sp³-hybridized carbons (Fsp3) is 0.706. The lowest BCUT2D eigenvalue weighted by Gasteiger charge is -2.27. The van der Waals surface area contributed by atoms with E-state index >= 15 is 0 Å². The molecule has 9 amide bonds. The third-order valence-electron chi connectivity index (χ3n) is 8.30. The minimum absolute atomic E-state index is 0.0841. The minimum Gasteiger partial charge on any atom is -0.337 e. The topological polar surface area (TPSA) is 203 Å². The fourth-order valence-electron chi connectivity index (χ4n) is 4.19. The summed E-state index contributed by atoms with van der Waals surface area (Å²) in [5.41, 5.74) is 0. The second-order valence-corrected chi connectivity index (χ2v) is 14.1. The number of Topliss-reactive ketones (excluding diaryl/α,β-unsaturated/α-hetero) is 1. The number of carbonyl (C=O) groups is 10. The summed E-state index contributed by atoms with van der Waals surface area (Å²) >= 11 is 0. The average molecular weight is 769 g/mol. The van der Waals surface area contributed by atoms with Crippen LogP contribution in [0.2, 0.25) is 0 Å². The molecule has 0 N–H and O–H groups in total. The Morgan fingerprint density at radius 3 is 0.574 bits per heavy atom. The zero-order valence-electron chi connectivity index (χ0n) is 34.2. The van der Waals surface area contributed by atoms with E-state index in [-0.39, 0.29) is 56.9 Å². The van der Waals surface area contributed by atoms with Crippen LogP contribution in [0.25, 0.3) is 0 Å². The van der Waals surface area contributed by atoms with Crippen LogP contribution in [0.1, 0.15) is 13.8 Å². The number of amides is 9. The Morgan fingerprint density at radius 2 is 0.426 bits per heavy atom. The van der Waals surface area contributed by atoms with E-state index in [0.717, 1.165) is 34.3 Å². The largest absolute Gasteiger partial charge is 0.337 e. The van der Waals surface area contributed by atoms with Crippen molar-refractivity contribution in [2.24, 2.45) is 5.92 Å². The number of hydrogen-bond acceptors (Lipinski definition) is 11. The number of hydrogen-bond donors (Lipinski definition) is 0. The highest BCUT2D eigenvalue weighted by Crippen LogP contribution is 2.01. The Morgan fingerprint density at radius 1 is 0.278 bits per heavy atom. The van der Waals surface area contributed by atoms with Crippen LogP contribution in [-0.2, 0) is 47.9 Å². The Balaban J connectivity index is 4.86. The van der Waals surface area contributed by atoms with Crippen LogP contribution in [-0.4, -0.2) is 251 Å². The Hall–Kier alpha value is -5.14. The molecule has 0 spiro atoms. The van der Waals surface area contributed by atoms with Gasteiger partial charge in [-0.3, -0.25) is 47.9 Å². The van der Waals surface area contributed by atoms with Crippen LogP contribution in [0.3, 0.4) is 0 Å². The molecular formula is C34H60N10O10. The molecule has 0 aromatic heterocycles. The highest BCUT2D eigenvalue weighted by molar-refractivity contribution is 5.94. The second-order valence-electron chi connectivity index (χ2n) is 14.1. The molecule has 0 bridgehead atoms. The Bertz CT molecular complexity index is 1400. The van der Waals surface area contributed by atoms with Gasteiger partial charge in [-0.05, 0) is 14.1 Å². The molecule has 0 heterocycles. The molecule has 0 aliphatic heterocycles. The van der Waals surface area contributed by atoms with Crippen molar-refractivity contribution >= 4 is 58.9 Å². The van der Waals surface area contributed by atoms with Crippen molar-refractivity contribution in [2.75, 3.05) is 143 Å². The van der Waals surface area contributed by atoms with Crippen LogP contribution in [0.15, 0.2) is 0 Å². The van der Waals surface area contributed by atoms with Crippen LogP contribution in [0.5, 0.6) is 0 Å². The van der Waals surface area contributed by atoms with Gasteiger partial charge in [-0.15, -0.1) is 0 Å². The van der Waals surface area contributed by atoms with Gasteiger partial charge in [0.15, 0.2) is 5.78 Å². The van der Waals surface area contributed by atoms with Gasteiger partial charge in [0.2, 0.25) is 53.2 Å². The van der Waals surface area contributed by atoms with E-state index in [9.17, 15) is 47.9 Å². The lowest BCUT2D eigenvalue weighted by molar-refractivity contribution is -0.146. The summed E-state index contributed by atoms with van der Waals surface area (Å²) in [4.78, 5) is 137. The van der Waals surface area contributed by atoms with E-state index < -0.39 is 73.4 Å². The van der Waals surface area contributed by atoms with E-state index in [1.165, 1.54) is 73.2 Å². The zero-order valence-corrected chi connectivity index (χ0v) is 34.2. The molecular weight excluding hydrogens is 708 g/mol. The van der Waals surface area contributed by atoms with E-state index in [1.54, 1.807) is 32.8 Å². The van der Waals surface area contributed by atoms with Gasteiger partial charge >= 0.3 is 0 Å². The standard InChI is InChI=1S/C34H60N10O10/c1-24(2)25(45)14-36(5)27(47)16-38(7)29(49)18-40(9)31(51)20-42(11)33(53)22-44(13)34(54)23-43(12)32(52)21-41(10)30(50)19-39(8)28(48)17-37(6)26(46)15-35(3)4/h24H,14-23H2,1-13H3. The molecule has 0 saturated heterocycles. The van der Waals surface area contributed by atoms with Crippen molar-refractivity contribution in [3.8, 4) is 0 Å². The predicted molar refractivity (Wildman–Crippen MR) is 197 cm³/mol. The minimum atomic E-state index is -0.592. The molecule has 0 aliphatic carbocycles. The first kappa shape index (κ1) is 48.9. The van der Waals surface area contributed by atoms with Gasteiger partial charge in [-0.1, -0.05) is 13.8 Å². The van der Waals surface area contributed by atoms with Gasteiger partial charge < -0.3 is 49.0 Å². The van der Waals surface area contributed by atoms with Crippen LogP contribution >= 0.6 is 0 Å². The lowest BCUT2D eigenvalue weighted by atomic mass is 10.1. The SMILES string of the molecule is CC(C)C(=O)CN(C)C(=O)CN(C)C(=O)CN(C)C(=O)CN(C)C(=O)CN(C)C(=O)CN(C)C(=O)CN(C)C(=O)CN(C)C(=O)CN(C)C(=O)CN(C)C. The highest BCUT2D eigenvalue weighted by Gasteiger charge is 2.26. The van der Waals surface area contributed by atoms with E-state index in [2.05, 4.69) is 0 Å². The van der Waals surface area contributed by atoms with E-state index in [1.807, 2.05) is 0 Å². The summed E-state index contributed by atoms with van der Waals surface area (Å²) in [6.45, 7) is 0.624. The van der Waals surface area contributed by atoms with Crippen molar-refractivity contribution in [2.45, 2.75) is 13.8 Å². The quantitative estimate of drug-likeness (QED) is 0.110. The van der Waals surface area contributed by atoms with Crippen molar-refractivity contribution in [1.82, 2.24) is 49.0 Å². The third kappa shape index (κ3) is 17.6. The summed E-state index contributed by atoms with van der Waals surface area (Å²) in [6.07, 6.45) is 0. The van der Waals surface area contributed by atoms with Gasteiger partial charge in [0.25, 0.3) is 0 Å². The van der Waals surface area contributed by atoms with Gasteiger partial charge in [-0.2, -0.15) is 0 Å². The van der Waals surface area contributed by atoms with Gasteiger partial charge in [0, 0.05) is 69.3 Å². The molecule has 0 rings (SSSR count).